The molecule has 0 radical (unpaired) electrons. The van der Waals surface area contributed by atoms with E-state index in [1.165, 1.54) is 67.9 Å². The molecular formula is C22H36ClOP. The Bertz CT molecular complexity index is 488. The molecule has 0 spiro atoms. The predicted molar refractivity (Wildman–Crippen MR) is 111 cm³/mol. The molecule has 0 heterocycles. The molecule has 0 amide bonds. The normalized spacial score (nSPS) is 11.9. The van der Waals surface area contributed by atoms with Crippen LogP contribution in [0.2, 0.25) is 0 Å². The van der Waals surface area contributed by atoms with Crippen molar-refractivity contribution < 1.29 is 17.2 Å². The van der Waals surface area contributed by atoms with Gasteiger partial charge in [0.05, 0.1) is 18.5 Å². The summed E-state index contributed by atoms with van der Waals surface area (Å²) < 4.78 is 0. The summed E-state index contributed by atoms with van der Waals surface area (Å²) in [5, 5.41) is 1.39. The van der Waals surface area contributed by atoms with Crippen LogP contribution in [0.3, 0.4) is 0 Å². The molecule has 0 bridgehead atoms. The van der Waals surface area contributed by atoms with Gasteiger partial charge in [-0.05, 0) is 26.2 Å². The van der Waals surface area contributed by atoms with Crippen LogP contribution in [0, 0.1) is 0 Å². The Labute approximate surface area is 162 Å². The molecule has 1 rings (SSSR count). The fourth-order valence-corrected chi connectivity index (χ4v) is 8.69. The minimum Gasteiger partial charge on any atom is -1.00 e. The van der Waals surface area contributed by atoms with E-state index in [9.17, 15) is 4.79 Å². The van der Waals surface area contributed by atoms with Gasteiger partial charge < -0.3 is 12.4 Å². The summed E-state index contributed by atoms with van der Waals surface area (Å²) in [4.78, 5) is 12.0. The largest absolute Gasteiger partial charge is 1.00 e. The molecule has 1 aromatic rings. The summed E-state index contributed by atoms with van der Waals surface area (Å²) in [6.07, 6.45) is 13.4. The second kappa shape index (κ2) is 13.5. The van der Waals surface area contributed by atoms with Crippen molar-refractivity contribution in [3.8, 4) is 0 Å². The first-order valence-electron chi connectivity index (χ1n) is 9.74. The molecule has 0 aliphatic heterocycles. The number of rotatable bonds is 12. The van der Waals surface area contributed by atoms with Crippen LogP contribution in [0.1, 0.15) is 71.8 Å². The van der Waals surface area contributed by atoms with Crippen LogP contribution < -0.4 is 12.4 Å². The van der Waals surface area contributed by atoms with Crippen molar-refractivity contribution in [3.05, 3.63) is 42.0 Å². The Morgan fingerprint density at radius 1 is 0.880 bits per heavy atom. The maximum Gasteiger partial charge on any atom is 0.156 e. The van der Waals surface area contributed by atoms with Crippen molar-refractivity contribution in [3.63, 3.8) is 0 Å². The number of carbonyl (C=O) groups is 1. The van der Waals surface area contributed by atoms with Crippen LogP contribution in [-0.4, -0.2) is 24.3 Å². The fraction of sp³-hybridized carbons (Fsp3) is 0.591. The van der Waals surface area contributed by atoms with E-state index in [2.05, 4.69) is 51.1 Å². The molecule has 0 saturated heterocycles. The number of carbonyl (C=O) groups excluding carboxylic acids is 1. The molecule has 0 saturated carbocycles. The van der Waals surface area contributed by atoms with Crippen molar-refractivity contribution in [2.45, 2.75) is 66.2 Å². The van der Waals surface area contributed by atoms with Gasteiger partial charge in [0.15, 0.2) is 5.78 Å². The van der Waals surface area contributed by atoms with Gasteiger partial charge in [0.2, 0.25) is 0 Å². The van der Waals surface area contributed by atoms with Gasteiger partial charge in [0.1, 0.15) is 5.31 Å². The number of hydrogen-bond donors (Lipinski definition) is 0. The summed E-state index contributed by atoms with van der Waals surface area (Å²) in [7, 11) is -1.29. The molecule has 142 valence electrons. The minimum atomic E-state index is -1.29. The molecule has 0 unspecified atom stereocenters. The Balaban J connectivity index is 0.00000576. The molecule has 0 aromatic heterocycles. The molecule has 3 heteroatoms. The first-order chi connectivity index (χ1) is 11.6. The molecule has 25 heavy (non-hydrogen) atoms. The highest BCUT2D eigenvalue weighted by atomic mass is 35.5. The van der Waals surface area contributed by atoms with E-state index in [4.69, 9.17) is 0 Å². The average Bonchev–Trinajstić information content (AvgIpc) is 2.60. The molecular weight excluding hydrogens is 347 g/mol. The summed E-state index contributed by atoms with van der Waals surface area (Å²) >= 11 is 0. The summed E-state index contributed by atoms with van der Waals surface area (Å²) in [6, 6.07) is 10.7. The minimum absolute atomic E-state index is 0. The number of benzene rings is 1. The van der Waals surface area contributed by atoms with Gasteiger partial charge in [-0.1, -0.05) is 70.4 Å². The first-order valence-corrected chi connectivity index (χ1v) is 12.1. The van der Waals surface area contributed by atoms with Gasteiger partial charge in [0.25, 0.3) is 0 Å². The Kier molecular flexibility index (Phi) is 13.2. The Hall–Kier alpha value is -0.650. The van der Waals surface area contributed by atoms with Gasteiger partial charge in [0, 0.05) is 18.9 Å². The second-order valence-electron chi connectivity index (χ2n) is 6.88. The van der Waals surface area contributed by atoms with E-state index in [0.29, 0.717) is 0 Å². The summed E-state index contributed by atoms with van der Waals surface area (Å²) in [5.74, 6) is 0.197. The van der Waals surface area contributed by atoms with Crippen LogP contribution in [0.25, 0.3) is 5.31 Å². The van der Waals surface area contributed by atoms with Gasteiger partial charge in [-0.2, -0.15) is 0 Å². The van der Waals surface area contributed by atoms with E-state index in [0.717, 1.165) is 0 Å². The molecule has 0 aliphatic rings. The molecule has 0 aliphatic carbocycles. The van der Waals surface area contributed by atoms with Gasteiger partial charge in [-0.15, -0.1) is 0 Å². The third-order valence-corrected chi connectivity index (χ3v) is 9.67. The zero-order valence-corrected chi connectivity index (χ0v) is 18.2. The molecule has 0 fully saturated rings. The quantitative estimate of drug-likeness (QED) is 0.394. The Morgan fingerprint density at radius 2 is 1.32 bits per heavy atom. The van der Waals surface area contributed by atoms with Crippen molar-refractivity contribution in [1.82, 2.24) is 0 Å². The first kappa shape index (κ1) is 24.4. The van der Waals surface area contributed by atoms with Crippen LogP contribution in [-0.2, 0) is 4.79 Å². The lowest BCUT2D eigenvalue weighted by atomic mass is 10.2. The van der Waals surface area contributed by atoms with Crippen LogP contribution in [0.4, 0.5) is 0 Å². The summed E-state index contributed by atoms with van der Waals surface area (Å²) in [5.41, 5.74) is 1.28. The number of unbranched alkanes of at least 4 members (excludes halogenated alkanes) is 3. The van der Waals surface area contributed by atoms with E-state index in [-0.39, 0.29) is 18.2 Å². The number of allylic oxidation sites excluding steroid dienone is 1. The van der Waals surface area contributed by atoms with Crippen LogP contribution >= 0.6 is 7.26 Å². The number of ketones is 1. The SMILES string of the molecule is CCCC[P+](CCCC)(CCCC)/C(=C/C(C)=O)c1ccccc1.[Cl-]. The lowest BCUT2D eigenvalue weighted by Crippen LogP contribution is -3.00. The van der Waals surface area contributed by atoms with E-state index < -0.39 is 7.26 Å². The van der Waals surface area contributed by atoms with Crippen molar-refractivity contribution in [2.75, 3.05) is 18.5 Å². The molecule has 1 nitrogen and oxygen atoms in total. The van der Waals surface area contributed by atoms with E-state index in [1.807, 2.05) is 6.08 Å². The molecule has 1 aromatic carbocycles. The van der Waals surface area contributed by atoms with Crippen LogP contribution in [0.5, 0.6) is 0 Å². The number of halogens is 1. The van der Waals surface area contributed by atoms with E-state index >= 15 is 0 Å². The third-order valence-electron chi connectivity index (χ3n) is 4.74. The third kappa shape index (κ3) is 8.06. The smallest absolute Gasteiger partial charge is 0.156 e. The van der Waals surface area contributed by atoms with Crippen molar-refractivity contribution in [2.24, 2.45) is 0 Å². The van der Waals surface area contributed by atoms with Gasteiger partial charge in [-0.25, -0.2) is 0 Å². The lowest BCUT2D eigenvalue weighted by Gasteiger charge is -2.30. The van der Waals surface area contributed by atoms with Gasteiger partial charge in [-0.3, -0.25) is 4.79 Å². The second-order valence-corrected chi connectivity index (χ2v) is 11.0. The average molecular weight is 383 g/mol. The Morgan fingerprint density at radius 3 is 1.68 bits per heavy atom. The van der Waals surface area contributed by atoms with Gasteiger partial charge >= 0.3 is 0 Å². The van der Waals surface area contributed by atoms with Crippen molar-refractivity contribution in [1.29, 1.82) is 0 Å². The number of hydrogen-bond acceptors (Lipinski definition) is 1. The lowest BCUT2D eigenvalue weighted by molar-refractivity contribution is -0.112. The summed E-state index contributed by atoms with van der Waals surface area (Å²) in [6.45, 7) is 8.55. The molecule has 0 atom stereocenters. The zero-order valence-electron chi connectivity index (χ0n) is 16.6. The van der Waals surface area contributed by atoms with E-state index in [1.54, 1.807) is 6.92 Å². The monoisotopic (exact) mass is 382 g/mol. The molecule has 0 N–H and O–H groups in total. The highest BCUT2D eigenvalue weighted by Gasteiger charge is 2.41. The van der Waals surface area contributed by atoms with Crippen LogP contribution in [0.15, 0.2) is 36.4 Å². The zero-order chi connectivity index (χ0) is 17.8. The maximum absolute atomic E-state index is 12.0. The highest BCUT2D eigenvalue weighted by Crippen LogP contribution is 2.70. The predicted octanol–water partition coefficient (Wildman–Crippen LogP) is 4.04. The highest BCUT2D eigenvalue weighted by molar-refractivity contribution is 7.85. The maximum atomic E-state index is 12.0. The fourth-order valence-electron chi connectivity index (χ4n) is 3.37. The van der Waals surface area contributed by atoms with Crippen molar-refractivity contribution >= 4 is 18.4 Å². The topological polar surface area (TPSA) is 17.1 Å². The standard InChI is InChI=1S/C22H36OP.ClH/c1-5-8-16-24(17-9-6-2,18-10-7-3)22(19-20(4)23)21-14-12-11-13-15-21;/h11-15,19H,5-10,16-18H2,1-4H3;1H/q+1;/p-1/b22-19+;.